The first-order valence-electron chi connectivity index (χ1n) is 3.00. The molecule has 1 rings (SSSR count). The van der Waals surface area contributed by atoms with Gasteiger partial charge in [-0.15, -0.1) is 0 Å². The summed E-state index contributed by atoms with van der Waals surface area (Å²) in [5.41, 5.74) is 0. The molecular weight excluding hydrogens is 88.1 g/mol. The van der Waals surface area contributed by atoms with Crippen LogP contribution in [0.3, 0.4) is 0 Å². The fourth-order valence-corrected chi connectivity index (χ4v) is 0.623. The van der Waals surface area contributed by atoms with E-state index in [1.165, 1.54) is 0 Å². The number of carbonyl (C=O) groups is 1. The average molecular weight is 98.1 g/mol. The second-order valence-electron chi connectivity index (χ2n) is 1.66. The summed E-state index contributed by atoms with van der Waals surface area (Å²) in [6.45, 7) is 0. The van der Waals surface area contributed by atoms with E-state index in [0.29, 0.717) is 6.42 Å². The fraction of sp³-hybridized carbons (Fsp3) is 0.500. The van der Waals surface area contributed by atoms with Gasteiger partial charge in [-0.3, -0.25) is 4.79 Å². The summed E-state index contributed by atoms with van der Waals surface area (Å²) in [6, 6.07) is 0.205. The summed E-state index contributed by atoms with van der Waals surface area (Å²) >= 11 is 0. The average Bonchev–Trinajstić information content (AvgIpc) is 1.77. The van der Waals surface area contributed by atoms with E-state index in [0.717, 1.165) is 12.8 Å². The Kier molecular flexibility index (Phi) is 0.935. The molecule has 0 heterocycles. The molecule has 0 atom stereocenters. The van der Waals surface area contributed by atoms with E-state index in [9.17, 15) is 4.79 Å². The Morgan fingerprint density at radius 1 is 1.86 bits per heavy atom. The number of allylic oxidation sites excluding steroid dienone is 2. The fourth-order valence-electron chi connectivity index (χ4n) is 0.623. The molecule has 0 saturated carbocycles. The SMILES string of the molecule is [3H]C1=CCCCC1=O. The van der Waals surface area contributed by atoms with Gasteiger partial charge in [-0.25, -0.2) is 0 Å². The van der Waals surface area contributed by atoms with Crippen molar-refractivity contribution in [2.75, 3.05) is 0 Å². The summed E-state index contributed by atoms with van der Waals surface area (Å²) in [5.74, 6) is -0.00347. The van der Waals surface area contributed by atoms with Crippen molar-refractivity contribution < 1.29 is 6.17 Å². The number of hydrogen-bond acceptors (Lipinski definition) is 1. The van der Waals surface area contributed by atoms with E-state index >= 15 is 0 Å². The number of rotatable bonds is 0. The topological polar surface area (TPSA) is 17.1 Å². The monoisotopic (exact) mass is 98.1 g/mol. The molecule has 0 fully saturated rings. The Morgan fingerprint density at radius 2 is 2.71 bits per heavy atom. The van der Waals surface area contributed by atoms with Crippen molar-refractivity contribution in [3.63, 3.8) is 0 Å². The molecule has 0 spiro atoms. The van der Waals surface area contributed by atoms with E-state index in [1.807, 2.05) is 0 Å². The first kappa shape index (κ1) is 3.42. The van der Waals surface area contributed by atoms with Crippen LogP contribution in [0.4, 0.5) is 0 Å². The molecule has 0 aromatic carbocycles. The quantitative estimate of drug-likeness (QED) is 0.446. The van der Waals surface area contributed by atoms with Gasteiger partial charge in [-0.1, -0.05) is 6.08 Å². The Bertz CT molecular complexity index is 137. The lowest BCUT2D eigenvalue weighted by atomic mass is 10.1. The molecule has 1 nitrogen and oxygen atoms in total. The molecule has 38 valence electrons. The molecule has 1 aliphatic carbocycles. The zero-order valence-corrected chi connectivity index (χ0v) is 4.11. The summed E-state index contributed by atoms with van der Waals surface area (Å²) in [7, 11) is 0. The third kappa shape index (κ3) is 1.15. The van der Waals surface area contributed by atoms with Crippen LogP contribution in [0, 0.1) is 0 Å². The molecular formula is C6H8O. The van der Waals surface area contributed by atoms with Crippen LogP contribution in [0.1, 0.15) is 20.6 Å². The zero-order valence-electron chi connectivity index (χ0n) is 5.11. The van der Waals surface area contributed by atoms with Gasteiger partial charge in [0.25, 0.3) is 0 Å². The van der Waals surface area contributed by atoms with Gasteiger partial charge in [0, 0.05) is 6.42 Å². The van der Waals surface area contributed by atoms with E-state index in [2.05, 4.69) is 0 Å². The van der Waals surface area contributed by atoms with Gasteiger partial charge in [0.1, 0.15) is 0 Å². The molecule has 0 amide bonds. The highest BCUT2D eigenvalue weighted by atomic mass is 16.1. The smallest absolute Gasteiger partial charge is 0.155 e. The standard InChI is InChI=1S/C6H8O/c7-6-4-2-1-3-5-6/h2,4H,1,3,5H2/i4T. The van der Waals surface area contributed by atoms with E-state index in [-0.39, 0.29) is 11.8 Å². The van der Waals surface area contributed by atoms with Crippen molar-refractivity contribution in [1.82, 2.24) is 0 Å². The van der Waals surface area contributed by atoms with Gasteiger partial charge in [0.2, 0.25) is 0 Å². The molecule has 0 bridgehead atoms. The minimum absolute atomic E-state index is 0.00347. The lowest BCUT2D eigenvalue weighted by Gasteiger charge is -1.97. The molecule has 0 aromatic heterocycles. The maximum atomic E-state index is 10.5. The van der Waals surface area contributed by atoms with Crippen molar-refractivity contribution in [1.29, 1.82) is 0 Å². The van der Waals surface area contributed by atoms with Gasteiger partial charge in [-0.05, 0) is 18.9 Å². The molecule has 0 unspecified atom stereocenters. The van der Waals surface area contributed by atoms with Crippen molar-refractivity contribution in [2.24, 2.45) is 0 Å². The number of ketones is 1. The Hall–Kier alpha value is -0.590. The van der Waals surface area contributed by atoms with Gasteiger partial charge >= 0.3 is 0 Å². The molecule has 0 aromatic rings. The second kappa shape index (κ2) is 1.92. The second-order valence-corrected chi connectivity index (χ2v) is 1.66. The Morgan fingerprint density at radius 3 is 3.14 bits per heavy atom. The van der Waals surface area contributed by atoms with Crippen LogP contribution in [0.5, 0.6) is 0 Å². The van der Waals surface area contributed by atoms with Crippen LogP contribution in [-0.4, -0.2) is 5.78 Å². The van der Waals surface area contributed by atoms with Crippen LogP contribution in [0.15, 0.2) is 12.1 Å². The van der Waals surface area contributed by atoms with Gasteiger partial charge in [0.15, 0.2) is 5.78 Å². The van der Waals surface area contributed by atoms with Crippen molar-refractivity contribution >= 4 is 5.78 Å². The number of hydrogen-bond donors (Lipinski definition) is 0. The highest BCUT2D eigenvalue weighted by Crippen LogP contribution is 2.04. The van der Waals surface area contributed by atoms with Gasteiger partial charge < -0.3 is 0 Å². The van der Waals surface area contributed by atoms with Crippen LogP contribution in [0.2, 0.25) is 0 Å². The molecule has 0 N–H and O–H groups in total. The molecule has 0 radical (unpaired) electrons. The van der Waals surface area contributed by atoms with Crippen LogP contribution in [0.25, 0.3) is 0 Å². The Labute approximate surface area is 44.4 Å². The lowest BCUT2D eigenvalue weighted by molar-refractivity contribution is -0.114. The first-order chi connectivity index (χ1) is 3.80. The summed E-state index contributed by atoms with van der Waals surface area (Å²) < 4.78 is 6.99. The summed E-state index contributed by atoms with van der Waals surface area (Å²) in [4.78, 5) is 10.5. The van der Waals surface area contributed by atoms with Crippen molar-refractivity contribution in [3.8, 4) is 0 Å². The van der Waals surface area contributed by atoms with E-state index in [1.54, 1.807) is 6.08 Å². The van der Waals surface area contributed by atoms with E-state index in [4.69, 9.17) is 1.37 Å². The normalized spacial score (nSPS) is 23.7. The minimum Gasteiger partial charge on any atom is -0.295 e. The summed E-state index contributed by atoms with van der Waals surface area (Å²) in [5, 5.41) is 0. The van der Waals surface area contributed by atoms with Gasteiger partial charge in [0.05, 0.1) is 1.37 Å². The third-order valence-electron chi connectivity index (χ3n) is 1.02. The molecule has 0 saturated heterocycles. The maximum absolute atomic E-state index is 10.5. The van der Waals surface area contributed by atoms with Crippen LogP contribution in [-0.2, 0) is 4.79 Å². The third-order valence-corrected chi connectivity index (χ3v) is 1.02. The molecule has 1 aliphatic rings. The summed E-state index contributed by atoms with van der Waals surface area (Å²) in [6.07, 6.45) is 4.10. The molecule has 1 heteroatoms. The van der Waals surface area contributed by atoms with Crippen molar-refractivity contribution in [2.45, 2.75) is 19.3 Å². The zero-order chi connectivity index (χ0) is 5.98. The predicted molar refractivity (Wildman–Crippen MR) is 28.0 cm³/mol. The lowest BCUT2D eigenvalue weighted by Crippen LogP contribution is -1.95. The largest absolute Gasteiger partial charge is 0.295 e. The highest BCUT2D eigenvalue weighted by molar-refractivity contribution is 5.90. The highest BCUT2D eigenvalue weighted by Gasteiger charge is 1.98. The van der Waals surface area contributed by atoms with Crippen LogP contribution >= 0.6 is 0 Å². The first-order valence-corrected chi connectivity index (χ1v) is 2.50. The minimum atomic E-state index is -0.00347. The Balaban J connectivity index is 2.67. The molecule has 0 aliphatic heterocycles. The molecule has 7 heavy (non-hydrogen) atoms. The van der Waals surface area contributed by atoms with Gasteiger partial charge in [-0.2, -0.15) is 0 Å². The number of carbonyl (C=O) groups excluding carboxylic acids is 1. The van der Waals surface area contributed by atoms with Crippen LogP contribution < -0.4 is 0 Å². The predicted octanol–water partition coefficient (Wildman–Crippen LogP) is 1.30. The van der Waals surface area contributed by atoms with E-state index < -0.39 is 0 Å². The van der Waals surface area contributed by atoms with Crippen molar-refractivity contribution in [3.05, 3.63) is 12.1 Å². The maximum Gasteiger partial charge on any atom is 0.155 e.